The third kappa shape index (κ3) is 5.80. The van der Waals surface area contributed by atoms with Crippen LogP contribution in [0.25, 0.3) is 0 Å². The average molecular weight is 289 g/mol. The van der Waals surface area contributed by atoms with Gasteiger partial charge in [-0.2, -0.15) is 0 Å². The van der Waals surface area contributed by atoms with Crippen LogP contribution >= 0.6 is 0 Å². The Balaban J connectivity index is 1.97. The molecule has 0 spiro atoms. The Labute approximate surface area is 130 Å². The van der Waals surface area contributed by atoms with Crippen LogP contribution in [0.5, 0.6) is 0 Å². The highest BCUT2D eigenvalue weighted by molar-refractivity contribution is 5.29. The van der Waals surface area contributed by atoms with Gasteiger partial charge in [0.15, 0.2) is 0 Å². The van der Waals surface area contributed by atoms with Gasteiger partial charge in [-0.25, -0.2) is 0 Å². The van der Waals surface area contributed by atoms with Crippen molar-refractivity contribution in [1.82, 2.24) is 5.32 Å². The van der Waals surface area contributed by atoms with Gasteiger partial charge in [-0.15, -0.1) is 0 Å². The van der Waals surface area contributed by atoms with Gasteiger partial charge < -0.3 is 10.1 Å². The maximum absolute atomic E-state index is 5.49. The molecular formula is C19H31NO. The Hall–Kier alpha value is -0.860. The van der Waals surface area contributed by atoms with Crippen LogP contribution in [-0.2, 0) is 11.2 Å². The predicted molar refractivity (Wildman–Crippen MR) is 89.9 cm³/mol. The van der Waals surface area contributed by atoms with Crippen molar-refractivity contribution in [2.75, 3.05) is 19.8 Å². The minimum absolute atomic E-state index is 0.606. The Morgan fingerprint density at radius 2 is 1.81 bits per heavy atom. The van der Waals surface area contributed by atoms with Gasteiger partial charge in [0.05, 0.1) is 0 Å². The molecule has 1 fully saturated rings. The van der Waals surface area contributed by atoms with Gasteiger partial charge in [-0.3, -0.25) is 0 Å². The lowest BCUT2D eigenvalue weighted by molar-refractivity contribution is 0.0605. The summed E-state index contributed by atoms with van der Waals surface area (Å²) in [5, 5.41) is 3.76. The molecule has 0 radical (unpaired) electrons. The Kier molecular flexibility index (Phi) is 6.72. The Bertz CT molecular complexity index is 403. The highest BCUT2D eigenvalue weighted by Gasteiger charge is 2.19. The first-order valence-corrected chi connectivity index (χ1v) is 8.55. The average Bonchev–Trinajstić information content (AvgIpc) is 2.45. The van der Waals surface area contributed by atoms with Gasteiger partial charge in [-0.1, -0.05) is 36.2 Å². The first kappa shape index (κ1) is 16.5. The molecule has 1 atom stereocenters. The van der Waals surface area contributed by atoms with E-state index in [0.717, 1.165) is 32.1 Å². The first-order valence-electron chi connectivity index (χ1n) is 8.55. The van der Waals surface area contributed by atoms with Crippen LogP contribution in [0, 0.1) is 19.8 Å². The van der Waals surface area contributed by atoms with Crippen LogP contribution < -0.4 is 5.32 Å². The zero-order valence-corrected chi connectivity index (χ0v) is 14.0. The molecular weight excluding hydrogens is 258 g/mol. The number of hydrogen-bond donors (Lipinski definition) is 1. The fourth-order valence-electron chi connectivity index (χ4n) is 3.44. The molecule has 1 aromatic carbocycles. The van der Waals surface area contributed by atoms with Crippen molar-refractivity contribution in [3.8, 4) is 0 Å². The molecule has 2 nitrogen and oxygen atoms in total. The molecule has 0 aromatic heterocycles. The Morgan fingerprint density at radius 3 is 2.43 bits per heavy atom. The van der Waals surface area contributed by atoms with E-state index in [1.807, 2.05) is 0 Å². The van der Waals surface area contributed by atoms with Gasteiger partial charge in [0.25, 0.3) is 0 Å². The van der Waals surface area contributed by atoms with Crippen molar-refractivity contribution < 1.29 is 4.74 Å². The lowest BCUT2D eigenvalue weighted by atomic mass is 9.89. The fraction of sp³-hybridized carbons (Fsp3) is 0.684. The van der Waals surface area contributed by atoms with Crippen LogP contribution in [0.4, 0.5) is 0 Å². The summed E-state index contributed by atoms with van der Waals surface area (Å²) in [6, 6.07) is 7.56. The summed E-state index contributed by atoms with van der Waals surface area (Å²) in [7, 11) is 0. The summed E-state index contributed by atoms with van der Waals surface area (Å²) < 4.78 is 5.49. The zero-order valence-electron chi connectivity index (χ0n) is 14.0. The number of hydrogen-bond acceptors (Lipinski definition) is 2. The van der Waals surface area contributed by atoms with E-state index in [2.05, 4.69) is 44.3 Å². The molecule has 0 amide bonds. The number of aryl methyl sites for hydroxylation is 2. The molecule has 1 heterocycles. The summed E-state index contributed by atoms with van der Waals surface area (Å²) in [5.41, 5.74) is 4.24. The van der Waals surface area contributed by atoms with Crippen molar-refractivity contribution >= 4 is 0 Å². The van der Waals surface area contributed by atoms with Crippen molar-refractivity contribution in [2.45, 2.75) is 58.9 Å². The maximum atomic E-state index is 5.49. The highest BCUT2D eigenvalue weighted by Crippen LogP contribution is 2.22. The van der Waals surface area contributed by atoms with Crippen LogP contribution in [0.2, 0.25) is 0 Å². The molecule has 2 rings (SSSR count). The lowest BCUT2D eigenvalue weighted by Gasteiger charge is -2.27. The monoisotopic (exact) mass is 289 g/mol. The van der Waals surface area contributed by atoms with E-state index in [4.69, 9.17) is 4.74 Å². The molecule has 118 valence electrons. The lowest BCUT2D eigenvalue weighted by Crippen LogP contribution is -2.35. The molecule has 1 aromatic rings. The number of nitrogens with one attached hydrogen (secondary N) is 1. The van der Waals surface area contributed by atoms with Crippen LogP contribution in [-0.4, -0.2) is 25.8 Å². The van der Waals surface area contributed by atoms with E-state index in [9.17, 15) is 0 Å². The van der Waals surface area contributed by atoms with Crippen molar-refractivity contribution in [2.24, 2.45) is 5.92 Å². The normalized spacial score (nSPS) is 17.9. The van der Waals surface area contributed by atoms with E-state index in [1.165, 1.54) is 42.4 Å². The second-order valence-electron chi connectivity index (χ2n) is 6.64. The second-order valence-corrected chi connectivity index (χ2v) is 6.64. The van der Waals surface area contributed by atoms with Crippen molar-refractivity contribution in [3.63, 3.8) is 0 Å². The quantitative estimate of drug-likeness (QED) is 0.818. The standard InChI is InChI=1S/C19H31NO/c1-4-7-20-19(13-17-5-8-21-9-6-17)14-18-11-15(2)10-16(3)12-18/h10-12,17,19-20H,4-9,13-14H2,1-3H3. The molecule has 21 heavy (non-hydrogen) atoms. The van der Waals surface area contributed by atoms with Crippen LogP contribution in [0.1, 0.15) is 49.3 Å². The van der Waals surface area contributed by atoms with Crippen LogP contribution in [0.15, 0.2) is 18.2 Å². The molecule has 1 aliphatic rings. The molecule has 2 heteroatoms. The summed E-state index contributed by atoms with van der Waals surface area (Å²) in [5.74, 6) is 0.832. The number of ether oxygens (including phenoxy) is 1. The van der Waals surface area contributed by atoms with Gasteiger partial charge in [0.2, 0.25) is 0 Å². The fourth-order valence-corrected chi connectivity index (χ4v) is 3.44. The van der Waals surface area contributed by atoms with E-state index in [0.29, 0.717) is 6.04 Å². The Morgan fingerprint density at radius 1 is 1.14 bits per heavy atom. The summed E-state index contributed by atoms with van der Waals surface area (Å²) in [6.45, 7) is 9.67. The van der Waals surface area contributed by atoms with E-state index in [1.54, 1.807) is 0 Å². The highest BCUT2D eigenvalue weighted by atomic mass is 16.5. The molecule has 0 aliphatic carbocycles. The smallest absolute Gasteiger partial charge is 0.0468 e. The SMILES string of the molecule is CCCNC(Cc1cc(C)cc(C)c1)CC1CCOCC1. The van der Waals surface area contributed by atoms with Gasteiger partial charge in [0, 0.05) is 19.3 Å². The summed E-state index contributed by atoms with van der Waals surface area (Å²) >= 11 is 0. The third-order valence-electron chi connectivity index (χ3n) is 4.41. The van der Waals surface area contributed by atoms with E-state index >= 15 is 0 Å². The topological polar surface area (TPSA) is 21.3 Å². The largest absolute Gasteiger partial charge is 0.381 e. The first-order chi connectivity index (χ1) is 10.2. The maximum Gasteiger partial charge on any atom is 0.0468 e. The van der Waals surface area contributed by atoms with E-state index in [-0.39, 0.29) is 0 Å². The van der Waals surface area contributed by atoms with Gasteiger partial charge >= 0.3 is 0 Å². The summed E-state index contributed by atoms with van der Waals surface area (Å²) in [4.78, 5) is 0. The predicted octanol–water partition coefficient (Wildman–Crippen LogP) is 4.03. The minimum atomic E-state index is 0.606. The minimum Gasteiger partial charge on any atom is -0.381 e. The molecule has 0 saturated carbocycles. The van der Waals surface area contributed by atoms with Gasteiger partial charge in [0.1, 0.15) is 0 Å². The summed E-state index contributed by atoms with van der Waals surface area (Å²) in [6.07, 6.45) is 6.11. The molecule has 1 unspecified atom stereocenters. The number of benzene rings is 1. The molecule has 1 aliphatic heterocycles. The zero-order chi connectivity index (χ0) is 15.1. The molecule has 1 saturated heterocycles. The van der Waals surface area contributed by atoms with Gasteiger partial charge in [-0.05, 0) is 64.0 Å². The van der Waals surface area contributed by atoms with Crippen LogP contribution in [0.3, 0.4) is 0 Å². The molecule has 1 N–H and O–H groups in total. The molecule has 0 bridgehead atoms. The van der Waals surface area contributed by atoms with Crippen molar-refractivity contribution in [3.05, 3.63) is 34.9 Å². The van der Waals surface area contributed by atoms with E-state index < -0.39 is 0 Å². The second kappa shape index (κ2) is 8.55. The number of rotatable bonds is 7. The van der Waals surface area contributed by atoms with Crippen molar-refractivity contribution in [1.29, 1.82) is 0 Å². The third-order valence-corrected chi connectivity index (χ3v) is 4.41.